The third-order valence-electron chi connectivity index (χ3n) is 2.75. The molecule has 0 aromatic heterocycles. The molecule has 3 unspecified atom stereocenters. The van der Waals surface area contributed by atoms with Gasteiger partial charge in [-0.3, -0.25) is 0 Å². The number of hydrogen-bond acceptors (Lipinski definition) is 3. The minimum absolute atomic E-state index is 0.147. The minimum Gasteiger partial charge on any atom is -0.362 e. The monoisotopic (exact) mass is 326 g/mol. The lowest BCUT2D eigenvalue weighted by molar-refractivity contribution is 0.0113. The standard InChI is InChI=1S/C12H27BrO3Si/c1-7-10(4)14-17(13,15-11(5)8-2)16-12(6)9-3/h10-12H,7-9H2,1-6H3. The summed E-state index contributed by atoms with van der Waals surface area (Å²) in [5, 5.41) is 0. The van der Waals surface area contributed by atoms with E-state index in [1.807, 2.05) is 20.8 Å². The largest absolute Gasteiger partial charge is 0.581 e. The topological polar surface area (TPSA) is 27.7 Å². The van der Waals surface area contributed by atoms with Crippen molar-refractivity contribution in [3.8, 4) is 0 Å². The molecular weight excluding hydrogens is 300 g/mol. The van der Waals surface area contributed by atoms with Crippen LogP contribution in [-0.4, -0.2) is 25.7 Å². The highest BCUT2D eigenvalue weighted by Gasteiger charge is 2.42. The van der Waals surface area contributed by atoms with Crippen molar-refractivity contribution in [3.05, 3.63) is 0 Å². The van der Waals surface area contributed by atoms with Gasteiger partial charge in [0.1, 0.15) is 0 Å². The lowest BCUT2D eigenvalue weighted by Crippen LogP contribution is -2.46. The molecule has 0 N–H and O–H groups in total. The van der Waals surface area contributed by atoms with Gasteiger partial charge in [-0.2, -0.15) is 0 Å². The summed E-state index contributed by atoms with van der Waals surface area (Å²) in [6.45, 7) is 12.4. The quantitative estimate of drug-likeness (QED) is 0.468. The second-order valence-electron chi connectivity index (χ2n) is 4.49. The van der Waals surface area contributed by atoms with Crippen LogP contribution in [0.2, 0.25) is 0 Å². The molecule has 0 aliphatic rings. The van der Waals surface area contributed by atoms with Gasteiger partial charge in [-0.05, 0) is 55.3 Å². The van der Waals surface area contributed by atoms with Crippen molar-refractivity contribution in [2.75, 3.05) is 0 Å². The van der Waals surface area contributed by atoms with Crippen LogP contribution in [-0.2, 0) is 13.3 Å². The van der Waals surface area contributed by atoms with Gasteiger partial charge in [-0.15, -0.1) is 0 Å². The minimum atomic E-state index is -2.69. The first kappa shape index (κ1) is 17.6. The maximum Gasteiger partial charge on any atom is 0.581 e. The van der Waals surface area contributed by atoms with E-state index < -0.39 is 7.42 Å². The van der Waals surface area contributed by atoms with Crippen molar-refractivity contribution in [3.63, 3.8) is 0 Å². The maximum absolute atomic E-state index is 5.94. The molecular formula is C12H27BrO3Si. The second-order valence-corrected chi connectivity index (χ2v) is 9.08. The molecule has 0 bridgehead atoms. The SMILES string of the molecule is CCC(C)O[Si](Br)(OC(C)CC)OC(C)CC. The van der Waals surface area contributed by atoms with Crippen molar-refractivity contribution in [1.29, 1.82) is 0 Å². The molecule has 3 nitrogen and oxygen atoms in total. The molecule has 0 radical (unpaired) electrons. The Morgan fingerprint density at radius 2 is 1.00 bits per heavy atom. The second kappa shape index (κ2) is 8.64. The first-order chi connectivity index (χ1) is 7.86. The van der Waals surface area contributed by atoms with Crippen LogP contribution in [0.25, 0.3) is 0 Å². The molecule has 0 heterocycles. The molecule has 0 amide bonds. The van der Waals surface area contributed by atoms with Crippen molar-refractivity contribution >= 4 is 22.7 Å². The van der Waals surface area contributed by atoms with E-state index in [4.69, 9.17) is 13.3 Å². The Hall–Kier alpha value is 0.577. The van der Waals surface area contributed by atoms with Crippen molar-refractivity contribution in [2.45, 2.75) is 79.1 Å². The van der Waals surface area contributed by atoms with E-state index in [0.29, 0.717) is 0 Å². The number of hydrogen-bond donors (Lipinski definition) is 0. The average molecular weight is 327 g/mol. The van der Waals surface area contributed by atoms with Gasteiger partial charge in [0, 0.05) is 18.3 Å². The fourth-order valence-corrected chi connectivity index (χ4v) is 6.03. The van der Waals surface area contributed by atoms with Crippen LogP contribution >= 0.6 is 15.3 Å². The van der Waals surface area contributed by atoms with E-state index in [-0.39, 0.29) is 18.3 Å². The summed E-state index contributed by atoms with van der Waals surface area (Å²) in [4.78, 5) is 0. The van der Waals surface area contributed by atoms with Gasteiger partial charge >= 0.3 is 7.42 Å². The molecule has 0 rings (SSSR count). The van der Waals surface area contributed by atoms with Gasteiger partial charge in [0.15, 0.2) is 0 Å². The summed E-state index contributed by atoms with van der Waals surface area (Å²) in [5.74, 6) is 0. The summed E-state index contributed by atoms with van der Waals surface area (Å²) in [5.41, 5.74) is 0. The Kier molecular flexibility index (Phi) is 8.93. The first-order valence-corrected chi connectivity index (χ1v) is 10.6. The van der Waals surface area contributed by atoms with Crippen molar-refractivity contribution in [1.82, 2.24) is 0 Å². The summed E-state index contributed by atoms with van der Waals surface area (Å²) in [7, 11) is -2.69. The molecule has 0 aromatic carbocycles. The van der Waals surface area contributed by atoms with Gasteiger partial charge in [0.25, 0.3) is 0 Å². The Morgan fingerprint density at radius 3 is 1.18 bits per heavy atom. The highest BCUT2D eigenvalue weighted by Crippen LogP contribution is 2.25. The van der Waals surface area contributed by atoms with Crippen LogP contribution in [0.5, 0.6) is 0 Å². The lowest BCUT2D eigenvalue weighted by atomic mass is 10.3. The molecule has 0 spiro atoms. The molecule has 0 saturated heterocycles. The Morgan fingerprint density at radius 1 is 0.765 bits per heavy atom. The van der Waals surface area contributed by atoms with Gasteiger partial charge < -0.3 is 13.3 Å². The Bertz CT molecular complexity index is 173. The van der Waals surface area contributed by atoms with E-state index in [1.165, 1.54) is 0 Å². The molecule has 0 aliphatic carbocycles. The predicted molar refractivity (Wildman–Crippen MR) is 77.2 cm³/mol. The summed E-state index contributed by atoms with van der Waals surface area (Å²) in [6, 6.07) is 0. The van der Waals surface area contributed by atoms with Crippen LogP contribution in [0.3, 0.4) is 0 Å². The third-order valence-corrected chi connectivity index (χ3v) is 6.48. The molecule has 5 heteroatoms. The normalized spacial score (nSPS) is 20.6. The van der Waals surface area contributed by atoms with Crippen LogP contribution in [0.15, 0.2) is 0 Å². The number of halogens is 1. The summed E-state index contributed by atoms with van der Waals surface area (Å²) >= 11 is 3.58. The van der Waals surface area contributed by atoms with Crippen molar-refractivity contribution in [2.24, 2.45) is 0 Å². The van der Waals surface area contributed by atoms with Crippen molar-refractivity contribution < 1.29 is 13.3 Å². The Labute approximate surface area is 115 Å². The molecule has 0 fully saturated rings. The first-order valence-electron chi connectivity index (χ1n) is 6.59. The zero-order valence-electron chi connectivity index (χ0n) is 12.0. The van der Waals surface area contributed by atoms with Gasteiger partial charge in [0.05, 0.1) is 0 Å². The molecule has 104 valence electrons. The fourth-order valence-electron chi connectivity index (χ4n) is 1.05. The van der Waals surface area contributed by atoms with E-state index in [0.717, 1.165) is 19.3 Å². The van der Waals surface area contributed by atoms with E-state index in [1.54, 1.807) is 0 Å². The highest BCUT2D eigenvalue weighted by molar-refractivity contribution is 9.25. The molecule has 0 aromatic rings. The van der Waals surface area contributed by atoms with E-state index in [2.05, 4.69) is 36.1 Å². The number of rotatable bonds is 9. The summed E-state index contributed by atoms with van der Waals surface area (Å²) < 4.78 is 17.8. The third kappa shape index (κ3) is 7.57. The van der Waals surface area contributed by atoms with Crippen LogP contribution < -0.4 is 0 Å². The Balaban J connectivity index is 4.55. The smallest absolute Gasteiger partial charge is 0.362 e. The molecule has 0 aliphatic heterocycles. The molecule has 17 heavy (non-hydrogen) atoms. The lowest BCUT2D eigenvalue weighted by Gasteiger charge is -2.31. The van der Waals surface area contributed by atoms with Gasteiger partial charge in [-0.1, -0.05) is 20.8 Å². The highest BCUT2D eigenvalue weighted by atomic mass is 79.9. The average Bonchev–Trinajstić information content (AvgIpc) is 2.27. The van der Waals surface area contributed by atoms with Gasteiger partial charge in [0.2, 0.25) is 0 Å². The van der Waals surface area contributed by atoms with E-state index in [9.17, 15) is 0 Å². The predicted octanol–water partition coefficient (Wildman–Crippen LogP) is 4.26. The van der Waals surface area contributed by atoms with Crippen LogP contribution in [0.1, 0.15) is 60.8 Å². The molecule has 0 saturated carbocycles. The van der Waals surface area contributed by atoms with Crippen LogP contribution in [0, 0.1) is 0 Å². The maximum atomic E-state index is 5.94. The fraction of sp³-hybridized carbons (Fsp3) is 1.00. The van der Waals surface area contributed by atoms with Crippen LogP contribution in [0.4, 0.5) is 0 Å². The molecule has 3 atom stereocenters. The van der Waals surface area contributed by atoms with Gasteiger partial charge in [-0.25, -0.2) is 0 Å². The zero-order chi connectivity index (χ0) is 13.5. The summed E-state index contributed by atoms with van der Waals surface area (Å²) in [6.07, 6.45) is 3.30. The zero-order valence-corrected chi connectivity index (χ0v) is 14.5. The van der Waals surface area contributed by atoms with E-state index >= 15 is 0 Å².